The van der Waals surface area contributed by atoms with Crippen LogP contribution in [0.2, 0.25) is 0 Å². The van der Waals surface area contributed by atoms with Crippen molar-refractivity contribution in [2.75, 3.05) is 25.0 Å². The zero-order valence-electron chi connectivity index (χ0n) is 11.1. The van der Waals surface area contributed by atoms with E-state index in [-0.39, 0.29) is 12.5 Å². The second kappa shape index (κ2) is 6.43. The molecule has 1 heterocycles. The quantitative estimate of drug-likeness (QED) is 0.679. The van der Waals surface area contributed by atoms with Crippen LogP contribution < -0.4 is 15.4 Å². The minimum atomic E-state index is -0.767. The van der Waals surface area contributed by atoms with Gasteiger partial charge in [-0.05, 0) is 37.6 Å². The van der Waals surface area contributed by atoms with Gasteiger partial charge in [-0.3, -0.25) is 4.79 Å². The van der Waals surface area contributed by atoms with Crippen LogP contribution in [0.1, 0.15) is 18.9 Å². The van der Waals surface area contributed by atoms with Crippen LogP contribution in [0.4, 0.5) is 5.69 Å². The van der Waals surface area contributed by atoms with Crippen molar-refractivity contribution in [3.8, 4) is 5.75 Å². The molecule has 0 aromatic heterocycles. The van der Waals surface area contributed by atoms with Crippen molar-refractivity contribution in [3.63, 3.8) is 0 Å². The van der Waals surface area contributed by atoms with E-state index in [0.717, 1.165) is 30.9 Å². The van der Waals surface area contributed by atoms with Crippen LogP contribution in [0.5, 0.6) is 5.75 Å². The van der Waals surface area contributed by atoms with Gasteiger partial charge in [-0.15, -0.1) is 0 Å². The molecule has 0 bridgehead atoms. The van der Waals surface area contributed by atoms with Crippen molar-refractivity contribution in [2.45, 2.75) is 25.9 Å². The normalized spacial score (nSPS) is 17.2. The number of nitrogens with one attached hydrogen (secondary N) is 2. The first kappa shape index (κ1) is 13.7. The average molecular weight is 264 g/mol. The number of benzene rings is 1. The molecule has 0 saturated heterocycles. The zero-order valence-corrected chi connectivity index (χ0v) is 11.1. The number of carboxylic acids is 1. The number of fused-ring (bicyclic) bond motifs is 1. The molecule has 0 fully saturated rings. The van der Waals surface area contributed by atoms with E-state index in [1.54, 1.807) is 0 Å². The Bertz CT molecular complexity index is 448. The molecule has 104 valence electrons. The van der Waals surface area contributed by atoms with Gasteiger partial charge in [0.15, 0.2) is 0 Å². The van der Waals surface area contributed by atoms with Gasteiger partial charge in [0.05, 0.1) is 18.7 Å². The molecule has 0 radical (unpaired) electrons. The Morgan fingerprint density at radius 1 is 1.53 bits per heavy atom. The van der Waals surface area contributed by atoms with Crippen LogP contribution in [0.25, 0.3) is 0 Å². The van der Waals surface area contributed by atoms with E-state index in [9.17, 15) is 4.79 Å². The van der Waals surface area contributed by atoms with E-state index >= 15 is 0 Å². The van der Waals surface area contributed by atoms with Gasteiger partial charge in [0, 0.05) is 6.54 Å². The third kappa shape index (κ3) is 4.13. The van der Waals surface area contributed by atoms with E-state index in [1.807, 2.05) is 13.0 Å². The molecule has 5 heteroatoms. The molecule has 1 aliphatic rings. The topological polar surface area (TPSA) is 70.6 Å². The first-order valence-electron chi connectivity index (χ1n) is 6.61. The minimum Gasteiger partial charge on any atom is -0.487 e. The molecule has 2 rings (SSSR count). The Labute approximate surface area is 113 Å². The predicted octanol–water partition coefficient (Wildman–Crippen LogP) is 1.49. The van der Waals surface area contributed by atoms with Gasteiger partial charge >= 0.3 is 5.97 Å². The van der Waals surface area contributed by atoms with Gasteiger partial charge in [0.2, 0.25) is 0 Å². The SMILES string of the molecule is CC1CNc2cc(CCNCCC(=O)O)ccc2O1. The molecule has 1 atom stereocenters. The molecule has 1 aromatic rings. The highest BCUT2D eigenvalue weighted by Gasteiger charge is 2.15. The number of rotatable bonds is 6. The molecule has 1 aromatic carbocycles. The Balaban J connectivity index is 1.80. The number of aliphatic carboxylic acids is 1. The summed E-state index contributed by atoms with van der Waals surface area (Å²) < 4.78 is 5.71. The number of ether oxygens (including phenoxy) is 1. The maximum atomic E-state index is 10.4. The molecular weight excluding hydrogens is 244 g/mol. The third-order valence-corrected chi connectivity index (χ3v) is 3.06. The maximum Gasteiger partial charge on any atom is 0.304 e. The molecule has 19 heavy (non-hydrogen) atoms. The van der Waals surface area contributed by atoms with Crippen molar-refractivity contribution in [1.82, 2.24) is 5.32 Å². The van der Waals surface area contributed by atoms with Crippen molar-refractivity contribution >= 4 is 11.7 Å². The molecule has 0 spiro atoms. The van der Waals surface area contributed by atoms with Crippen LogP contribution in [0, 0.1) is 0 Å². The van der Waals surface area contributed by atoms with Crippen LogP contribution in [0.15, 0.2) is 18.2 Å². The highest BCUT2D eigenvalue weighted by molar-refractivity contribution is 5.66. The van der Waals surface area contributed by atoms with Crippen LogP contribution >= 0.6 is 0 Å². The fourth-order valence-electron chi connectivity index (χ4n) is 2.04. The largest absolute Gasteiger partial charge is 0.487 e. The molecular formula is C14H20N2O3. The lowest BCUT2D eigenvalue weighted by atomic mass is 10.1. The lowest BCUT2D eigenvalue weighted by Crippen LogP contribution is -2.27. The Kier molecular flexibility index (Phi) is 4.63. The smallest absolute Gasteiger partial charge is 0.304 e. The standard InChI is InChI=1S/C14H20N2O3/c1-10-9-16-12-8-11(2-3-13(12)19-10)4-6-15-7-5-14(17)18/h2-3,8,10,15-16H,4-7,9H2,1H3,(H,17,18). The summed E-state index contributed by atoms with van der Waals surface area (Å²) in [5.41, 5.74) is 2.26. The molecule has 1 aliphatic heterocycles. The lowest BCUT2D eigenvalue weighted by molar-refractivity contribution is -0.136. The molecule has 5 nitrogen and oxygen atoms in total. The summed E-state index contributed by atoms with van der Waals surface area (Å²) in [5, 5.41) is 15.0. The fraction of sp³-hybridized carbons (Fsp3) is 0.500. The summed E-state index contributed by atoms with van der Waals surface area (Å²) in [4.78, 5) is 10.4. The first-order chi connectivity index (χ1) is 9.15. The van der Waals surface area contributed by atoms with Crippen molar-refractivity contribution in [2.24, 2.45) is 0 Å². The molecule has 0 amide bonds. The number of carbonyl (C=O) groups is 1. The van der Waals surface area contributed by atoms with Crippen molar-refractivity contribution in [3.05, 3.63) is 23.8 Å². The second-order valence-corrected chi connectivity index (χ2v) is 4.78. The maximum absolute atomic E-state index is 10.4. The summed E-state index contributed by atoms with van der Waals surface area (Å²) in [5.74, 6) is 0.137. The zero-order chi connectivity index (χ0) is 13.7. The number of carboxylic acid groups (broad SMARTS) is 1. The van der Waals surface area contributed by atoms with Gasteiger partial charge in [0.25, 0.3) is 0 Å². The van der Waals surface area contributed by atoms with Gasteiger partial charge < -0.3 is 20.5 Å². The van der Waals surface area contributed by atoms with E-state index < -0.39 is 5.97 Å². The second-order valence-electron chi connectivity index (χ2n) is 4.78. The molecule has 0 saturated carbocycles. The van der Waals surface area contributed by atoms with E-state index in [4.69, 9.17) is 9.84 Å². The summed E-state index contributed by atoms with van der Waals surface area (Å²) >= 11 is 0. The minimum absolute atomic E-state index is 0.164. The lowest BCUT2D eigenvalue weighted by Gasteiger charge is -2.25. The van der Waals surface area contributed by atoms with Crippen LogP contribution in [0.3, 0.4) is 0 Å². The summed E-state index contributed by atoms with van der Waals surface area (Å²) in [6.45, 7) is 4.16. The van der Waals surface area contributed by atoms with E-state index in [0.29, 0.717) is 6.54 Å². The number of hydrogen-bond acceptors (Lipinski definition) is 4. The Morgan fingerprint density at radius 2 is 2.37 bits per heavy atom. The van der Waals surface area contributed by atoms with Gasteiger partial charge in [0.1, 0.15) is 11.9 Å². The molecule has 3 N–H and O–H groups in total. The Hall–Kier alpha value is -1.75. The van der Waals surface area contributed by atoms with Gasteiger partial charge in [-0.25, -0.2) is 0 Å². The number of anilines is 1. The highest BCUT2D eigenvalue weighted by Crippen LogP contribution is 2.29. The summed E-state index contributed by atoms with van der Waals surface area (Å²) in [7, 11) is 0. The Morgan fingerprint density at radius 3 is 3.16 bits per heavy atom. The molecule has 1 unspecified atom stereocenters. The monoisotopic (exact) mass is 264 g/mol. The average Bonchev–Trinajstić information content (AvgIpc) is 2.38. The third-order valence-electron chi connectivity index (χ3n) is 3.06. The first-order valence-corrected chi connectivity index (χ1v) is 6.61. The van der Waals surface area contributed by atoms with Gasteiger partial charge in [-0.1, -0.05) is 6.07 Å². The summed E-state index contributed by atoms with van der Waals surface area (Å²) in [6.07, 6.45) is 1.25. The van der Waals surface area contributed by atoms with Crippen LogP contribution in [-0.4, -0.2) is 36.8 Å². The molecule has 0 aliphatic carbocycles. The summed E-state index contributed by atoms with van der Waals surface area (Å²) in [6, 6.07) is 6.14. The van der Waals surface area contributed by atoms with Crippen molar-refractivity contribution in [1.29, 1.82) is 0 Å². The highest BCUT2D eigenvalue weighted by atomic mass is 16.5. The van der Waals surface area contributed by atoms with Crippen molar-refractivity contribution < 1.29 is 14.6 Å². The van der Waals surface area contributed by atoms with E-state index in [2.05, 4.69) is 22.8 Å². The van der Waals surface area contributed by atoms with Crippen LogP contribution in [-0.2, 0) is 11.2 Å². The predicted molar refractivity (Wildman–Crippen MR) is 73.8 cm³/mol. The van der Waals surface area contributed by atoms with Gasteiger partial charge in [-0.2, -0.15) is 0 Å². The fourth-order valence-corrected chi connectivity index (χ4v) is 2.04. The van der Waals surface area contributed by atoms with E-state index in [1.165, 1.54) is 5.56 Å². The number of hydrogen-bond donors (Lipinski definition) is 3.